The quantitative estimate of drug-likeness (QED) is 0.502. The number of carbonyl (C=O) groups is 2. The van der Waals surface area contributed by atoms with Gasteiger partial charge in [0.25, 0.3) is 0 Å². The number of pyridine rings is 1. The highest BCUT2D eigenvalue weighted by Crippen LogP contribution is 2.16. The van der Waals surface area contributed by atoms with Gasteiger partial charge in [-0.2, -0.15) is 0 Å². The van der Waals surface area contributed by atoms with Gasteiger partial charge in [-0.1, -0.05) is 0 Å². The zero-order chi connectivity index (χ0) is 12.3. The normalized spacial score (nSPS) is 14.1. The summed E-state index contributed by atoms with van der Waals surface area (Å²) in [6.07, 6.45) is -2.21. The number of aromatic carboxylic acids is 1. The lowest BCUT2D eigenvalue weighted by Gasteiger charge is -2.14. The fraction of sp³-hybridized carbons (Fsp3) is 0.222. The molecule has 1 aromatic rings. The topological polar surface area (TPSA) is 134 Å². The molecule has 0 aromatic carbocycles. The summed E-state index contributed by atoms with van der Waals surface area (Å²) >= 11 is 0. The number of nitrogens with zero attached hydrogens (tertiary/aromatic N) is 1. The number of primary amides is 1. The molecule has 5 N–H and O–H groups in total. The molecule has 0 aliphatic rings. The average molecular weight is 226 g/mol. The van der Waals surface area contributed by atoms with Crippen LogP contribution in [0, 0.1) is 0 Å². The Hall–Kier alpha value is -1.99. The van der Waals surface area contributed by atoms with Gasteiger partial charge in [0.15, 0.2) is 6.10 Å². The van der Waals surface area contributed by atoms with Crippen molar-refractivity contribution in [3.8, 4) is 0 Å². The first-order valence-electron chi connectivity index (χ1n) is 4.28. The van der Waals surface area contributed by atoms with Crippen molar-refractivity contribution in [3.63, 3.8) is 0 Å². The Labute approximate surface area is 90.2 Å². The van der Waals surface area contributed by atoms with Crippen LogP contribution in [-0.4, -0.2) is 38.3 Å². The maximum atomic E-state index is 10.6. The Balaban J connectivity index is 3.00. The first-order valence-corrected chi connectivity index (χ1v) is 4.28. The number of aromatic nitrogens is 1. The Bertz CT molecular complexity index is 420. The predicted molar refractivity (Wildman–Crippen MR) is 51.4 cm³/mol. The van der Waals surface area contributed by atoms with Crippen LogP contribution in [0.3, 0.4) is 0 Å². The second-order valence-electron chi connectivity index (χ2n) is 3.07. The molecule has 0 aliphatic carbocycles. The third-order valence-electron chi connectivity index (χ3n) is 1.94. The van der Waals surface area contributed by atoms with Gasteiger partial charge in [-0.25, -0.2) is 9.78 Å². The molecule has 16 heavy (non-hydrogen) atoms. The van der Waals surface area contributed by atoms with Gasteiger partial charge in [-0.05, 0) is 17.7 Å². The maximum absolute atomic E-state index is 10.6. The van der Waals surface area contributed by atoms with Gasteiger partial charge in [0, 0.05) is 6.20 Å². The van der Waals surface area contributed by atoms with E-state index < -0.39 is 24.1 Å². The van der Waals surface area contributed by atoms with Crippen molar-refractivity contribution in [2.45, 2.75) is 12.2 Å². The highest BCUT2D eigenvalue weighted by molar-refractivity contribution is 5.85. The SMILES string of the molecule is NC(=O)C(O)C(O)c1ccnc(C(=O)O)c1. The standard InChI is InChI=1S/C9H10N2O5/c10-8(14)7(13)6(12)4-1-2-11-5(3-4)9(15)16/h1-3,6-7,12-13H,(H2,10,14)(H,15,16). The Kier molecular flexibility index (Phi) is 3.54. The summed E-state index contributed by atoms with van der Waals surface area (Å²) in [7, 11) is 0. The summed E-state index contributed by atoms with van der Waals surface area (Å²) in [5.74, 6) is -2.37. The number of amides is 1. The number of carboxylic acids is 1. The van der Waals surface area contributed by atoms with E-state index in [1.165, 1.54) is 6.07 Å². The number of hydrogen-bond donors (Lipinski definition) is 4. The Morgan fingerprint density at radius 2 is 2.00 bits per heavy atom. The molecule has 1 aromatic heterocycles. The van der Waals surface area contributed by atoms with Crippen LogP contribution in [0.15, 0.2) is 18.3 Å². The van der Waals surface area contributed by atoms with Crippen LogP contribution in [0.4, 0.5) is 0 Å². The van der Waals surface area contributed by atoms with Crippen molar-refractivity contribution < 1.29 is 24.9 Å². The largest absolute Gasteiger partial charge is 0.477 e. The molecule has 1 amide bonds. The molecule has 7 heteroatoms. The summed E-state index contributed by atoms with van der Waals surface area (Å²) in [5, 5.41) is 27.3. The molecule has 2 unspecified atom stereocenters. The molecule has 0 saturated heterocycles. The zero-order valence-electron chi connectivity index (χ0n) is 8.07. The van der Waals surface area contributed by atoms with Gasteiger partial charge < -0.3 is 21.1 Å². The molecule has 1 heterocycles. The third-order valence-corrected chi connectivity index (χ3v) is 1.94. The van der Waals surface area contributed by atoms with Crippen molar-refractivity contribution in [2.24, 2.45) is 5.73 Å². The second-order valence-corrected chi connectivity index (χ2v) is 3.07. The monoisotopic (exact) mass is 226 g/mol. The van der Waals surface area contributed by atoms with Gasteiger partial charge in [-0.3, -0.25) is 4.79 Å². The summed E-state index contributed by atoms with van der Waals surface area (Å²) < 4.78 is 0. The van der Waals surface area contributed by atoms with Gasteiger partial charge in [0.1, 0.15) is 11.8 Å². The molecule has 0 radical (unpaired) electrons. The average Bonchev–Trinajstić information content (AvgIpc) is 2.27. The van der Waals surface area contributed by atoms with Crippen molar-refractivity contribution in [2.75, 3.05) is 0 Å². The lowest BCUT2D eigenvalue weighted by atomic mass is 10.0. The molecule has 0 spiro atoms. The molecular formula is C9H10N2O5. The van der Waals surface area contributed by atoms with Crippen LogP contribution in [0.25, 0.3) is 0 Å². The van der Waals surface area contributed by atoms with E-state index in [-0.39, 0.29) is 11.3 Å². The molecule has 0 saturated carbocycles. The summed E-state index contributed by atoms with van der Waals surface area (Å²) in [6.45, 7) is 0. The summed E-state index contributed by atoms with van der Waals surface area (Å²) in [4.78, 5) is 24.7. The number of hydrogen-bond acceptors (Lipinski definition) is 5. The number of carboxylic acid groups (broad SMARTS) is 1. The van der Waals surface area contributed by atoms with E-state index in [4.69, 9.17) is 10.8 Å². The second kappa shape index (κ2) is 4.69. The maximum Gasteiger partial charge on any atom is 0.354 e. The Morgan fingerprint density at radius 1 is 1.38 bits per heavy atom. The molecule has 86 valence electrons. The first kappa shape index (κ1) is 12.1. The highest BCUT2D eigenvalue weighted by atomic mass is 16.4. The van der Waals surface area contributed by atoms with Crippen LogP contribution in [0.2, 0.25) is 0 Å². The van der Waals surface area contributed by atoms with E-state index in [1.807, 2.05) is 0 Å². The number of nitrogens with two attached hydrogens (primary N) is 1. The summed E-state index contributed by atoms with van der Waals surface area (Å²) in [5.41, 5.74) is 4.55. The number of carbonyl (C=O) groups excluding carboxylic acids is 1. The first-order chi connectivity index (χ1) is 7.43. The minimum atomic E-state index is -1.79. The van der Waals surface area contributed by atoms with Crippen LogP contribution in [-0.2, 0) is 4.79 Å². The molecule has 0 fully saturated rings. The number of aliphatic hydroxyl groups is 2. The minimum Gasteiger partial charge on any atom is -0.477 e. The molecule has 1 rings (SSSR count). The van der Waals surface area contributed by atoms with E-state index in [0.29, 0.717) is 0 Å². The van der Waals surface area contributed by atoms with E-state index >= 15 is 0 Å². The third kappa shape index (κ3) is 2.53. The fourth-order valence-electron chi connectivity index (χ4n) is 1.09. The van der Waals surface area contributed by atoms with Gasteiger partial charge in [0.2, 0.25) is 5.91 Å². The summed E-state index contributed by atoms with van der Waals surface area (Å²) in [6, 6.07) is 2.34. The van der Waals surface area contributed by atoms with E-state index in [2.05, 4.69) is 4.98 Å². The molecule has 0 bridgehead atoms. The van der Waals surface area contributed by atoms with Gasteiger partial charge >= 0.3 is 5.97 Å². The number of aliphatic hydroxyl groups excluding tert-OH is 2. The van der Waals surface area contributed by atoms with E-state index in [9.17, 15) is 19.8 Å². The zero-order valence-corrected chi connectivity index (χ0v) is 8.07. The molecule has 0 aliphatic heterocycles. The Morgan fingerprint density at radius 3 is 2.50 bits per heavy atom. The van der Waals surface area contributed by atoms with Crippen LogP contribution in [0.5, 0.6) is 0 Å². The molecular weight excluding hydrogens is 216 g/mol. The van der Waals surface area contributed by atoms with Crippen LogP contribution < -0.4 is 5.73 Å². The predicted octanol–water partition coefficient (Wildman–Crippen LogP) is -1.34. The van der Waals surface area contributed by atoms with E-state index in [1.54, 1.807) is 0 Å². The minimum absolute atomic E-state index is 0.0544. The lowest BCUT2D eigenvalue weighted by molar-refractivity contribution is -0.131. The van der Waals surface area contributed by atoms with Gasteiger partial charge in [0.05, 0.1) is 0 Å². The fourth-order valence-corrected chi connectivity index (χ4v) is 1.09. The van der Waals surface area contributed by atoms with Crippen molar-refractivity contribution in [1.82, 2.24) is 4.98 Å². The van der Waals surface area contributed by atoms with Crippen LogP contribution >= 0.6 is 0 Å². The van der Waals surface area contributed by atoms with E-state index in [0.717, 1.165) is 12.3 Å². The van der Waals surface area contributed by atoms with Crippen LogP contribution in [0.1, 0.15) is 22.2 Å². The highest BCUT2D eigenvalue weighted by Gasteiger charge is 2.24. The van der Waals surface area contributed by atoms with Crippen molar-refractivity contribution >= 4 is 11.9 Å². The molecule has 7 nitrogen and oxygen atoms in total. The number of rotatable bonds is 4. The van der Waals surface area contributed by atoms with Crippen molar-refractivity contribution in [1.29, 1.82) is 0 Å². The van der Waals surface area contributed by atoms with Crippen molar-refractivity contribution in [3.05, 3.63) is 29.6 Å². The lowest BCUT2D eigenvalue weighted by Crippen LogP contribution is -2.33. The smallest absolute Gasteiger partial charge is 0.354 e. The van der Waals surface area contributed by atoms with Gasteiger partial charge in [-0.15, -0.1) is 0 Å². The molecule has 2 atom stereocenters.